The van der Waals surface area contributed by atoms with Gasteiger partial charge in [-0.15, -0.1) is 6.58 Å². The zero-order chi connectivity index (χ0) is 10.4. The van der Waals surface area contributed by atoms with Crippen molar-refractivity contribution < 1.29 is 0 Å². The maximum atomic E-state index is 4.19. The molecule has 0 radical (unpaired) electrons. The van der Waals surface area contributed by atoms with E-state index in [-0.39, 0.29) is 0 Å². The normalized spacial score (nSPS) is 19.4. The molecule has 0 aromatic heterocycles. The molecular formula is C14H22. The summed E-state index contributed by atoms with van der Waals surface area (Å²) in [6, 6.07) is 0. The molecule has 0 aromatic rings. The molecule has 0 nitrogen and oxygen atoms in total. The predicted molar refractivity (Wildman–Crippen MR) is 64.3 cm³/mol. The van der Waals surface area contributed by atoms with Crippen molar-refractivity contribution in [3.8, 4) is 0 Å². The van der Waals surface area contributed by atoms with Crippen LogP contribution >= 0.6 is 0 Å². The van der Waals surface area contributed by atoms with Crippen molar-refractivity contribution in [2.75, 3.05) is 0 Å². The zero-order valence-corrected chi connectivity index (χ0v) is 9.39. The van der Waals surface area contributed by atoms with Crippen molar-refractivity contribution in [3.63, 3.8) is 0 Å². The average Bonchev–Trinajstić information content (AvgIpc) is 2.19. The Hall–Kier alpha value is -0.780. The van der Waals surface area contributed by atoms with Gasteiger partial charge in [0.2, 0.25) is 0 Å². The summed E-state index contributed by atoms with van der Waals surface area (Å²) in [6.07, 6.45) is 12.1. The minimum absolute atomic E-state index is 0.753. The van der Waals surface area contributed by atoms with Gasteiger partial charge in [-0.3, -0.25) is 0 Å². The number of hydrogen-bond acceptors (Lipinski definition) is 0. The molecule has 0 amide bonds. The van der Waals surface area contributed by atoms with Crippen molar-refractivity contribution >= 4 is 0 Å². The molecule has 1 rings (SSSR count). The van der Waals surface area contributed by atoms with Gasteiger partial charge in [0.15, 0.2) is 0 Å². The maximum absolute atomic E-state index is 4.19. The number of hydrogen-bond donors (Lipinski definition) is 0. The summed E-state index contributed by atoms with van der Waals surface area (Å²) >= 11 is 0. The lowest BCUT2D eigenvalue weighted by Gasteiger charge is -2.22. The highest BCUT2D eigenvalue weighted by Crippen LogP contribution is 2.30. The van der Waals surface area contributed by atoms with Crippen LogP contribution in [0.5, 0.6) is 0 Å². The lowest BCUT2D eigenvalue weighted by Crippen LogP contribution is -2.07. The van der Waals surface area contributed by atoms with E-state index in [1.165, 1.54) is 43.3 Å². The first-order chi connectivity index (χ1) is 6.74. The molecule has 1 aliphatic rings. The van der Waals surface area contributed by atoms with Gasteiger partial charge in [-0.2, -0.15) is 0 Å². The minimum atomic E-state index is 0.753. The SMILES string of the molecule is C=CC/C(C)=C\C(=C)C1CCCCC1. The summed E-state index contributed by atoms with van der Waals surface area (Å²) in [7, 11) is 0. The molecule has 0 N–H and O–H groups in total. The standard InChI is InChI=1S/C14H22/c1-4-8-12(2)11-13(3)14-9-6-5-7-10-14/h4,11,14H,1,3,5-10H2,2H3/b12-11-. The second-order valence-electron chi connectivity index (χ2n) is 4.39. The summed E-state index contributed by atoms with van der Waals surface area (Å²) < 4.78 is 0. The molecule has 1 aliphatic carbocycles. The first-order valence-electron chi connectivity index (χ1n) is 5.71. The van der Waals surface area contributed by atoms with E-state index in [1.807, 2.05) is 6.08 Å². The Morgan fingerprint density at radius 2 is 1.93 bits per heavy atom. The maximum Gasteiger partial charge on any atom is -0.0141 e. The first kappa shape index (κ1) is 11.3. The molecule has 0 heteroatoms. The fourth-order valence-electron chi connectivity index (χ4n) is 2.19. The van der Waals surface area contributed by atoms with Crippen molar-refractivity contribution in [2.45, 2.75) is 45.4 Å². The highest BCUT2D eigenvalue weighted by atomic mass is 14.2. The van der Waals surface area contributed by atoms with E-state index in [1.54, 1.807) is 0 Å². The van der Waals surface area contributed by atoms with Crippen molar-refractivity contribution in [1.29, 1.82) is 0 Å². The first-order valence-corrected chi connectivity index (χ1v) is 5.71. The van der Waals surface area contributed by atoms with Crippen LogP contribution in [0.25, 0.3) is 0 Å². The second kappa shape index (κ2) is 5.85. The van der Waals surface area contributed by atoms with Crippen molar-refractivity contribution in [1.82, 2.24) is 0 Å². The minimum Gasteiger partial charge on any atom is -0.103 e. The van der Waals surface area contributed by atoms with Crippen LogP contribution in [0.1, 0.15) is 45.4 Å². The second-order valence-corrected chi connectivity index (χ2v) is 4.39. The van der Waals surface area contributed by atoms with E-state index in [2.05, 4.69) is 26.2 Å². The van der Waals surface area contributed by atoms with Gasteiger partial charge in [0, 0.05) is 0 Å². The zero-order valence-electron chi connectivity index (χ0n) is 9.39. The molecule has 14 heavy (non-hydrogen) atoms. The summed E-state index contributed by atoms with van der Waals surface area (Å²) in [5.74, 6) is 0.753. The highest BCUT2D eigenvalue weighted by Gasteiger charge is 2.14. The van der Waals surface area contributed by atoms with Crippen LogP contribution in [0.2, 0.25) is 0 Å². The summed E-state index contributed by atoms with van der Waals surface area (Å²) in [5, 5.41) is 0. The Balaban J connectivity index is 2.46. The molecule has 1 saturated carbocycles. The van der Waals surface area contributed by atoms with E-state index in [0.717, 1.165) is 12.3 Å². The lowest BCUT2D eigenvalue weighted by molar-refractivity contribution is 0.409. The Labute approximate surface area is 88.4 Å². The van der Waals surface area contributed by atoms with Crippen LogP contribution in [0.15, 0.2) is 36.5 Å². The molecule has 1 fully saturated rings. The van der Waals surface area contributed by atoms with Gasteiger partial charge >= 0.3 is 0 Å². The summed E-state index contributed by atoms with van der Waals surface area (Å²) in [5.41, 5.74) is 2.72. The Morgan fingerprint density at radius 3 is 2.50 bits per heavy atom. The summed E-state index contributed by atoms with van der Waals surface area (Å²) in [6.45, 7) is 10.1. The fourth-order valence-corrected chi connectivity index (χ4v) is 2.19. The molecule has 78 valence electrons. The molecule has 0 aromatic carbocycles. The van der Waals surface area contributed by atoms with Gasteiger partial charge < -0.3 is 0 Å². The van der Waals surface area contributed by atoms with Crippen LogP contribution in [-0.2, 0) is 0 Å². The molecule has 0 spiro atoms. The monoisotopic (exact) mass is 190 g/mol. The van der Waals surface area contributed by atoms with Gasteiger partial charge in [0.1, 0.15) is 0 Å². The highest BCUT2D eigenvalue weighted by molar-refractivity contribution is 5.23. The van der Waals surface area contributed by atoms with Crippen molar-refractivity contribution in [2.24, 2.45) is 5.92 Å². The van der Waals surface area contributed by atoms with Gasteiger partial charge in [-0.05, 0) is 32.1 Å². The van der Waals surface area contributed by atoms with Crippen LogP contribution < -0.4 is 0 Å². The van der Waals surface area contributed by atoms with Gasteiger partial charge in [-0.1, -0.05) is 49.1 Å². The molecule has 0 bridgehead atoms. The Kier molecular flexibility index (Phi) is 4.72. The Morgan fingerprint density at radius 1 is 1.29 bits per heavy atom. The van der Waals surface area contributed by atoms with E-state index in [0.29, 0.717) is 0 Å². The topological polar surface area (TPSA) is 0 Å². The van der Waals surface area contributed by atoms with Gasteiger partial charge in [0.25, 0.3) is 0 Å². The van der Waals surface area contributed by atoms with Crippen LogP contribution in [0, 0.1) is 5.92 Å². The lowest BCUT2D eigenvalue weighted by atomic mass is 9.84. The third-order valence-electron chi connectivity index (χ3n) is 3.03. The predicted octanol–water partition coefficient (Wildman–Crippen LogP) is 4.65. The fraction of sp³-hybridized carbons (Fsp3) is 0.571. The average molecular weight is 190 g/mol. The molecule has 0 heterocycles. The van der Waals surface area contributed by atoms with Crippen LogP contribution in [0.4, 0.5) is 0 Å². The summed E-state index contributed by atoms with van der Waals surface area (Å²) in [4.78, 5) is 0. The molecule has 0 atom stereocenters. The van der Waals surface area contributed by atoms with E-state index in [4.69, 9.17) is 0 Å². The molecule has 0 saturated heterocycles. The van der Waals surface area contributed by atoms with Crippen molar-refractivity contribution in [3.05, 3.63) is 36.5 Å². The number of allylic oxidation sites excluding steroid dienone is 4. The van der Waals surface area contributed by atoms with E-state index < -0.39 is 0 Å². The molecular weight excluding hydrogens is 168 g/mol. The van der Waals surface area contributed by atoms with Crippen LogP contribution in [-0.4, -0.2) is 0 Å². The van der Waals surface area contributed by atoms with Gasteiger partial charge in [0.05, 0.1) is 0 Å². The van der Waals surface area contributed by atoms with Gasteiger partial charge in [-0.25, -0.2) is 0 Å². The van der Waals surface area contributed by atoms with E-state index >= 15 is 0 Å². The smallest absolute Gasteiger partial charge is 0.0141 e. The third-order valence-corrected chi connectivity index (χ3v) is 3.03. The third kappa shape index (κ3) is 3.53. The molecule has 0 aliphatic heterocycles. The molecule has 0 unspecified atom stereocenters. The quantitative estimate of drug-likeness (QED) is 0.447. The largest absolute Gasteiger partial charge is 0.103 e. The van der Waals surface area contributed by atoms with Crippen LogP contribution in [0.3, 0.4) is 0 Å². The Bertz CT molecular complexity index is 226. The number of rotatable bonds is 4. The van der Waals surface area contributed by atoms with E-state index in [9.17, 15) is 0 Å².